The van der Waals surface area contributed by atoms with Gasteiger partial charge < -0.3 is 4.74 Å². The summed E-state index contributed by atoms with van der Waals surface area (Å²) in [5, 5.41) is 0. The number of Topliss-reactive ketones (excluding diaryl/α,β-unsaturated/α-hetero) is 1. The summed E-state index contributed by atoms with van der Waals surface area (Å²) >= 11 is 6.66. The molecule has 0 saturated carbocycles. The molecule has 1 saturated heterocycles. The van der Waals surface area contributed by atoms with Crippen molar-refractivity contribution in [2.24, 2.45) is 0 Å². The van der Waals surface area contributed by atoms with Crippen LogP contribution in [-0.2, 0) is 4.79 Å². The Morgan fingerprint density at radius 3 is 2.85 bits per heavy atom. The average molecular weight is 393 g/mol. The molecule has 0 atom stereocenters. The number of carbonyl (C=O) groups excluding carboxylic acids is 2. The Morgan fingerprint density at radius 2 is 2.04 bits per heavy atom. The molecule has 2 aliphatic heterocycles. The van der Waals surface area contributed by atoms with E-state index in [1.54, 1.807) is 24.3 Å². The standard InChI is InChI=1S/C21H15NO3S2/c1-13(23)15-6-4-7-17(11-15)22-20(24)19(27-21(22)26)10-14-9-16-5-2-3-8-18(16)25-12-14/h2-11H,12H2,1H3. The van der Waals surface area contributed by atoms with Crippen molar-refractivity contribution in [3.63, 3.8) is 0 Å². The summed E-state index contributed by atoms with van der Waals surface area (Å²) in [5.41, 5.74) is 3.05. The second kappa shape index (κ2) is 7.13. The summed E-state index contributed by atoms with van der Waals surface area (Å²) in [4.78, 5) is 26.6. The lowest BCUT2D eigenvalue weighted by Gasteiger charge is -2.16. The zero-order chi connectivity index (χ0) is 19.0. The van der Waals surface area contributed by atoms with E-state index < -0.39 is 0 Å². The molecule has 2 heterocycles. The normalized spacial score (nSPS) is 17.6. The number of fused-ring (bicyclic) bond motifs is 1. The molecule has 2 aliphatic rings. The Labute approximate surface area is 166 Å². The number of rotatable bonds is 3. The number of benzene rings is 2. The minimum absolute atomic E-state index is 0.0546. The topological polar surface area (TPSA) is 46.6 Å². The van der Waals surface area contributed by atoms with E-state index in [0.29, 0.717) is 27.1 Å². The van der Waals surface area contributed by atoms with E-state index in [2.05, 4.69) is 0 Å². The molecule has 27 heavy (non-hydrogen) atoms. The summed E-state index contributed by atoms with van der Waals surface area (Å²) in [5.74, 6) is 0.592. The fourth-order valence-electron chi connectivity index (χ4n) is 2.94. The highest BCUT2D eigenvalue weighted by Gasteiger charge is 2.33. The van der Waals surface area contributed by atoms with Crippen LogP contribution in [0.15, 0.2) is 65.1 Å². The first kappa shape index (κ1) is 17.7. The summed E-state index contributed by atoms with van der Waals surface area (Å²) in [6.07, 6.45) is 3.84. The van der Waals surface area contributed by atoms with E-state index in [-0.39, 0.29) is 11.7 Å². The second-order valence-corrected chi connectivity index (χ2v) is 7.85. The van der Waals surface area contributed by atoms with Crippen LogP contribution in [0.2, 0.25) is 0 Å². The van der Waals surface area contributed by atoms with Crippen molar-refractivity contribution in [3.05, 3.63) is 76.2 Å². The van der Waals surface area contributed by atoms with Crippen molar-refractivity contribution in [3.8, 4) is 5.75 Å². The fourth-order valence-corrected chi connectivity index (χ4v) is 4.25. The zero-order valence-electron chi connectivity index (χ0n) is 14.5. The third-order valence-corrected chi connectivity index (χ3v) is 5.58. The summed E-state index contributed by atoms with van der Waals surface area (Å²) in [7, 11) is 0. The number of hydrogen-bond acceptors (Lipinski definition) is 5. The molecule has 6 heteroatoms. The Bertz CT molecular complexity index is 1040. The van der Waals surface area contributed by atoms with Crippen LogP contribution < -0.4 is 9.64 Å². The van der Waals surface area contributed by atoms with Crippen molar-refractivity contribution in [1.82, 2.24) is 0 Å². The first-order valence-corrected chi connectivity index (χ1v) is 9.57. The predicted octanol–water partition coefficient (Wildman–Crippen LogP) is 4.61. The molecule has 0 N–H and O–H groups in total. The monoisotopic (exact) mass is 393 g/mol. The third kappa shape index (κ3) is 3.46. The molecule has 0 spiro atoms. The molecule has 1 amide bonds. The number of hydrogen-bond donors (Lipinski definition) is 0. The molecule has 2 aromatic rings. The van der Waals surface area contributed by atoms with Crippen molar-refractivity contribution >= 4 is 51.8 Å². The largest absolute Gasteiger partial charge is 0.488 e. The van der Waals surface area contributed by atoms with Crippen molar-refractivity contribution in [2.75, 3.05) is 11.5 Å². The van der Waals surface area contributed by atoms with Gasteiger partial charge in [-0.2, -0.15) is 0 Å². The van der Waals surface area contributed by atoms with Crippen LogP contribution in [-0.4, -0.2) is 22.6 Å². The molecule has 0 unspecified atom stereocenters. The number of nitrogens with zero attached hydrogens (tertiary/aromatic N) is 1. The number of amides is 1. The Kier molecular flexibility index (Phi) is 4.68. The highest BCUT2D eigenvalue weighted by Crippen LogP contribution is 2.37. The van der Waals surface area contributed by atoms with Crippen LogP contribution in [0.25, 0.3) is 6.08 Å². The molecule has 2 aromatic carbocycles. The number of thiocarbonyl (C=S) groups is 1. The van der Waals surface area contributed by atoms with Gasteiger partial charge in [-0.05, 0) is 42.8 Å². The highest BCUT2D eigenvalue weighted by molar-refractivity contribution is 8.27. The molecular weight excluding hydrogens is 378 g/mol. The van der Waals surface area contributed by atoms with Crippen LogP contribution in [0.1, 0.15) is 22.8 Å². The number of anilines is 1. The maximum Gasteiger partial charge on any atom is 0.270 e. The van der Waals surface area contributed by atoms with E-state index in [9.17, 15) is 9.59 Å². The van der Waals surface area contributed by atoms with Gasteiger partial charge in [-0.1, -0.05) is 54.3 Å². The summed E-state index contributed by atoms with van der Waals surface area (Å²) in [6, 6.07) is 14.7. The first-order valence-electron chi connectivity index (χ1n) is 8.34. The van der Waals surface area contributed by atoms with Gasteiger partial charge in [0.2, 0.25) is 0 Å². The first-order chi connectivity index (χ1) is 13.0. The molecule has 0 aliphatic carbocycles. The highest BCUT2D eigenvalue weighted by atomic mass is 32.2. The molecular formula is C21H15NO3S2. The third-order valence-electron chi connectivity index (χ3n) is 4.28. The van der Waals surface area contributed by atoms with Crippen LogP contribution in [0, 0.1) is 0 Å². The summed E-state index contributed by atoms with van der Waals surface area (Å²) in [6.45, 7) is 1.90. The lowest BCUT2D eigenvalue weighted by molar-refractivity contribution is -0.113. The number of para-hydroxylation sites is 1. The maximum absolute atomic E-state index is 12.9. The molecule has 1 fully saturated rings. The van der Waals surface area contributed by atoms with Crippen LogP contribution in [0.3, 0.4) is 0 Å². The Morgan fingerprint density at radius 1 is 1.22 bits per heavy atom. The van der Waals surface area contributed by atoms with Gasteiger partial charge >= 0.3 is 0 Å². The fraction of sp³-hybridized carbons (Fsp3) is 0.0952. The van der Waals surface area contributed by atoms with E-state index in [4.69, 9.17) is 17.0 Å². The van der Waals surface area contributed by atoms with Gasteiger partial charge in [-0.25, -0.2) is 0 Å². The number of carbonyl (C=O) groups is 2. The van der Waals surface area contributed by atoms with E-state index >= 15 is 0 Å². The lowest BCUT2D eigenvalue weighted by atomic mass is 10.1. The molecule has 0 aromatic heterocycles. The minimum atomic E-state index is -0.189. The smallest absolute Gasteiger partial charge is 0.270 e. The SMILES string of the molecule is CC(=O)c1cccc(N2C(=O)C(=CC3=Cc4ccccc4OC3)SC2=S)c1. The molecule has 0 radical (unpaired) electrons. The quantitative estimate of drug-likeness (QED) is 0.433. The molecule has 0 bridgehead atoms. The Balaban J connectivity index is 1.64. The van der Waals surface area contributed by atoms with Gasteiger partial charge in [0.05, 0.1) is 10.6 Å². The number of ether oxygens (including phenoxy) is 1. The summed E-state index contributed by atoms with van der Waals surface area (Å²) < 4.78 is 6.19. The number of thioether (sulfide) groups is 1. The van der Waals surface area contributed by atoms with Gasteiger partial charge in [0.25, 0.3) is 5.91 Å². The zero-order valence-corrected chi connectivity index (χ0v) is 16.1. The van der Waals surface area contributed by atoms with Gasteiger partial charge in [0.1, 0.15) is 12.4 Å². The minimum Gasteiger partial charge on any atom is -0.488 e. The average Bonchev–Trinajstić information content (AvgIpc) is 2.95. The van der Waals surface area contributed by atoms with Gasteiger partial charge in [-0.15, -0.1) is 0 Å². The lowest BCUT2D eigenvalue weighted by Crippen LogP contribution is -2.27. The van der Waals surface area contributed by atoms with Gasteiger partial charge in [0, 0.05) is 11.1 Å². The van der Waals surface area contributed by atoms with Crippen LogP contribution in [0.4, 0.5) is 5.69 Å². The van der Waals surface area contributed by atoms with E-state index in [1.165, 1.54) is 23.6 Å². The van der Waals surface area contributed by atoms with E-state index in [1.807, 2.05) is 36.4 Å². The Hall–Kier alpha value is -2.70. The van der Waals surface area contributed by atoms with Crippen LogP contribution >= 0.6 is 24.0 Å². The second-order valence-electron chi connectivity index (χ2n) is 6.17. The molecule has 4 nitrogen and oxygen atoms in total. The van der Waals surface area contributed by atoms with E-state index in [0.717, 1.165) is 16.9 Å². The molecule has 134 valence electrons. The molecule has 4 rings (SSSR count). The van der Waals surface area contributed by atoms with Crippen molar-refractivity contribution in [1.29, 1.82) is 0 Å². The maximum atomic E-state index is 12.9. The van der Waals surface area contributed by atoms with Crippen molar-refractivity contribution in [2.45, 2.75) is 6.92 Å². The van der Waals surface area contributed by atoms with Crippen molar-refractivity contribution < 1.29 is 14.3 Å². The number of ketones is 1. The van der Waals surface area contributed by atoms with Gasteiger partial charge in [0.15, 0.2) is 10.1 Å². The van der Waals surface area contributed by atoms with Crippen LogP contribution in [0.5, 0.6) is 5.75 Å². The predicted molar refractivity (Wildman–Crippen MR) is 112 cm³/mol. The van der Waals surface area contributed by atoms with Gasteiger partial charge in [-0.3, -0.25) is 14.5 Å².